The van der Waals surface area contributed by atoms with E-state index in [1.807, 2.05) is 7.05 Å². The van der Waals surface area contributed by atoms with Gasteiger partial charge >= 0.3 is 0 Å². The van der Waals surface area contributed by atoms with E-state index in [0.29, 0.717) is 6.42 Å². The molecular formula is C16H29N5O2. The SMILES string of the molecule is CN=C(NCC1CN(C)CCO1)N1CCCC2(CNC(=O)C2)C1. The van der Waals surface area contributed by atoms with Crippen LogP contribution in [-0.4, -0.2) is 87.7 Å². The first kappa shape index (κ1) is 16.5. The van der Waals surface area contributed by atoms with Gasteiger partial charge in [-0.1, -0.05) is 0 Å². The Hall–Kier alpha value is -1.34. The number of carbonyl (C=O) groups excluding carboxylic acids is 1. The highest BCUT2D eigenvalue weighted by molar-refractivity contribution is 5.81. The van der Waals surface area contributed by atoms with Crippen molar-refractivity contribution < 1.29 is 9.53 Å². The number of carbonyl (C=O) groups is 1. The second kappa shape index (κ2) is 7.05. The van der Waals surface area contributed by atoms with E-state index in [0.717, 1.165) is 64.7 Å². The fraction of sp³-hybridized carbons (Fsp3) is 0.875. The van der Waals surface area contributed by atoms with Crippen LogP contribution in [0.4, 0.5) is 0 Å². The highest BCUT2D eigenvalue weighted by Gasteiger charge is 2.42. The fourth-order valence-corrected chi connectivity index (χ4v) is 3.96. The molecule has 3 heterocycles. The number of morpholine rings is 1. The Morgan fingerprint density at radius 2 is 2.39 bits per heavy atom. The molecule has 1 spiro atoms. The smallest absolute Gasteiger partial charge is 0.220 e. The Morgan fingerprint density at radius 3 is 3.09 bits per heavy atom. The molecule has 3 saturated heterocycles. The van der Waals surface area contributed by atoms with Crippen LogP contribution in [0.15, 0.2) is 4.99 Å². The van der Waals surface area contributed by atoms with Crippen molar-refractivity contribution in [3.05, 3.63) is 0 Å². The van der Waals surface area contributed by atoms with Gasteiger partial charge in [-0.05, 0) is 19.9 Å². The first-order chi connectivity index (χ1) is 11.1. The average Bonchev–Trinajstić information content (AvgIpc) is 2.88. The number of nitrogens with one attached hydrogen (secondary N) is 2. The Kier molecular flexibility index (Phi) is 5.06. The Balaban J connectivity index is 1.54. The number of nitrogens with zero attached hydrogens (tertiary/aromatic N) is 3. The van der Waals surface area contributed by atoms with Crippen LogP contribution in [0.1, 0.15) is 19.3 Å². The molecule has 0 aromatic rings. The van der Waals surface area contributed by atoms with Crippen LogP contribution in [0.5, 0.6) is 0 Å². The number of likely N-dealkylation sites (tertiary alicyclic amines) is 1. The van der Waals surface area contributed by atoms with Crippen molar-refractivity contribution in [1.82, 2.24) is 20.4 Å². The van der Waals surface area contributed by atoms with Crippen LogP contribution >= 0.6 is 0 Å². The first-order valence-corrected chi connectivity index (χ1v) is 8.63. The molecule has 0 radical (unpaired) electrons. The zero-order valence-corrected chi connectivity index (χ0v) is 14.3. The zero-order valence-electron chi connectivity index (χ0n) is 14.3. The topological polar surface area (TPSA) is 69.2 Å². The molecule has 3 rings (SSSR count). The number of amides is 1. The minimum Gasteiger partial charge on any atom is -0.374 e. The summed E-state index contributed by atoms with van der Waals surface area (Å²) in [5.41, 5.74) is 0.0918. The number of hydrogen-bond acceptors (Lipinski definition) is 4. The molecular weight excluding hydrogens is 294 g/mol. The van der Waals surface area contributed by atoms with Crippen molar-refractivity contribution in [3.8, 4) is 0 Å². The number of aliphatic imine (C=N–C) groups is 1. The normalized spacial score (nSPS) is 33.1. The predicted octanol–water partition coefficient (Wildman–Crippen LogP) is -0.505. The van der Waals surface area contributed by atoms with Gasteiger partial charge in [0.25, 0.3) is 0 Å². The molecule has 2 atom stereocenters. The van der Waals surface area contributed by atoms with Crippen molar-refractivity contribution in [2.45, 2.75) is 25.4 Å². The Morgan fingerprint density at radius 1 is 1.52 bits per heavy atom. The number of likely N-dealkylation sites (N-methyl/N-ethyl adjacent to an activating group) is 1. The molecule has 7 heteroatoms. The van der Waals surface area contributed by atoms with Crippen molar-refractivity contribution in [1.29, 1.82) is 0 Å². The van der Waals surface area contributed by atoms with Gasteiger partial charge in [0.2, 0.25) is 5.91 Å². The van der Waals surface area contributed by atoms with Gasteiger partial charge in [-0.15, -0.1) is 0 Å². The lowest BCUT2D eigenvalue weighted by Gasteiger charge is -2.41. The molecule has 3 aliphatic heterocycles. The average molecular weight is 323 g/mol. The summed E-state index contributed by atoms with van der Waals surface area (Å²) in [7, 11) is 3.96. The lowest BCUT2D eigenvalue weighted by Crippen LogP contribution is -2.53. The van der Waals surface area contributed by atoms with Gasteiger partial charge in [0, 0.05) is 58.2 Å². The van der Waals surface area contributed by atoms with E-state index in [4.69, 9.17) is 4.74 Å². The summed E-state index contributed by atoms with van der Waals surface area (Å²) in [4.78, 5) is 20.7. The van der Waals surface area contributed by atoms with E-state index in [-0.39, 0.29) is 17.4 Å². The minimum absolute atomic E-state index is 0.0918. The van der Waals surface area contributed by atoms with Gasteiger partial charge in [-0.25, -0.2) is 0 Å². The molecule has 130 valence electrons. The van der Waals surface area contributed by atoms with Crippen LogP contribution < -0.4 is 10.6 Å². The molecule has 3 aliphatic rings. The maximum absolute atomic E-state index is 11.6. The Labute approximate surface area is 138 Å². The quantitative estimate of drug-likeness (QED) is 0.529. The van der Waals surface area contributed by atoms with Gasteiger partial charge < -0.3 is 25.2 Å². The monoisotopic (exact) mass is 323 g/mol. The van der Waals surface area contributed by atoms with Gasteiger partial charge in [-0.3, -0.25) is 9.79 Å². The second-order valence-corrected chi connectivity index (χ2v) is 7.16. The summed E-state index contributed by atoms with van der Waals surface area (Å²) in [6, 6.07) is 0. The summed E-state index contributed by atoms with van der Waals surface area (Å²) < 4.78 is 5.81. The van der Waals surface area contributed by atoms with Gasteiger partial charge in [0.15, 0.2) is 5.96 Å². The lowest BCUT2D eigenvalue weighted by atomic mass is 9.79. The number of rotatable bonds is 2. The highest BCUT2D eigenvalue weighted by atomic mass is 16.5. The van der Waals surface area contributed by atoms with E-state index in [9.17, 15) is 4.79 Å². The summed E-state index contributed by atoms with van der Waals surface area (Å²) >= 11 is 0. The predicted molar refractivity (Wildman–Crippen MR) is 89.5 cm³/mol. The van der Waals surface area contributed by atoms with Crippen LogP contribution in [0, 0.1) is 5.41 Å². The van der Waals surface area contributed by atoms with Crippen molar-refractivity contribution in [2.24, 2.45) is 10.4 Å². The maximum atomic E-state index is 11.6. The number of guanidine groups is 1. The highest BCUT2D eigenvalue weighted by Crippen LogP contribution is 2.35. The number of hydrogen-bond donors (Lipinski definition) is 2. The molecule has 0 bridgehead atoms. The van der Waals surface area contributed by atoms with Crippen LogP contribution in [0.25, 0.3) is 0 Å². The maximum Gasteiger partial charge on any atom is 0.220 e. The summed E-state index contributed by atoms with van der Waals surface area (Å²) in [6.07, 6.45) is 3.09. The molecule has 2 N–H and O–H groups in total. The lowest BCUT2D eigenvalue weighted by molar-refractivity contribution is -0.119. The van der Waals surface area contributed by atoms with Crippen molar-refractivity contribution in [3.63, 3.8) is 0 Å². The molecule has 7 nitrogen and oxygen atoms in total. The molecule has 1 amide bonds. The molecule has 0 aromatic carbocycles. The van der Waals surface area contributed by atoms with Gasteiger partial charge in [0.1, 0.15) is 0 Å². The van der Waals surface area contributed by atoms with E-state index < -0.39 is 0 Å². The third-order valence-electron chi connectivity index (χ3n) is 5.20. The zero-order chi connectivity index (χ0) is 16.3. The first-order valence-electron chi connectivity index (χ1n) is 8.63. The molecule has 0 saturated carbocycles. The van der Waals surface area contributed by atoms with Gasteiger partial charge in [0.05, 0.1) is 12.7 Å². The van der Waals surface area contributed by atoms with Crippen LogP contribution in [0.3, 0.4) is 0 Å². The standard InChI is InChI=1S/C16H29N5O2/c1-17-15(18-9-13-10-20(2)6-7-23-13)21-5-3-4-16(12-21)8-14(22)19-11-16/h13H,3-12H2,1-2H3,(H,17,18)(H,19,22). The molecule has 0 aromatic heterocycles. The summed E-state index contributed by atoms with van der Waals surface area (Å²) in [5, 5.41) is 6.46. The fourth-order valence-electron chi connectivity index (χ4n) is 3.96. The largest absolute Gasteiger partial charge is 0.374 e. The van der Waals surface area contributed by atoms with E-state index in [2.05, 4.69) is 32.5 Å². The third kappa shape index (κ3) is 3.95. The second-order valence-electron chi connectivity index (χ2n) is 7.16. The van der Waals surface area contributed by atoms with Crippen molar-refractivity contribution in [2.75, 3.05) is 60.0 Å². The molecule has 0 aliphatic carbocycles. The molecule has 23 heavy (non-hydrogen) atoms. The number of ether oxygens (including phenoxy) is 1. The van der Waals surface area contributed by atoms with Crippen LogP contribution in [0.2, 0.25) is 0 Å². The molecule has 2 unspecified atom stereocenters. The molecule has 3 fully saturated rings. The Bertz CT molecular complexity index is 469. The third-order valence-corrected chi connectivity index (χ3v) is 5.20. The van der Waals surface area contributed by atoms with Crippen LogP contribution in [-0.2, 0) is 9.53 Å². The van der Waals surface area contributed by atoms with E-state index in [1.165, 1.54) is 0 Å². The van der Waals surface area contributed by atoms with E-state index in [1.54, 1.807) is 0 Å². The van der Waals surface area contributed by atoms with Gasteiger partial charge in [-0.2, -0.15) is 0 Å². The van der Waals surface area contributed by atoms with Crippen molar-refractivity contribution >= 4 is 11.9 Å². The summed E-state index contributed by atoms with van der Waals surface area (Å²) in [6.45, 7) is 6.22. The minimum atomic E-state index is 0.0918. The number of piperidine rings is 1. The summed E-state index contributed by atoms with van der Waals surface area (Å²) in [5.74, 6) is 1.12. The van der Waals surface area contributed by atoms with E-state index >= 15 is 0 Å².